The molecule has 31 heavy (non-hydrogen) atoms. The molecule has 8 nitrogen and oxygen atoms in total. The van der Waals surface area contributed by atoms with E-state index >= 15 is 0 Å². The fourth-order valence-corrected chi connectivity index (χ4v) is 2.72. The van der Waals surface area contributed by atoms with Crippen molar-refractivity contribution in [2.24, 2.45) is 5.73 Å². The lowest BCUT2D eigenvalue weighted by molar-refractivity contribution is -0.129. The molecule has 0 saturated carbocycles. The van der Waals surface area contributed by atoms with Crippen molar-refractivity contribution in [2.45, 2.75) is 52.0 Å². The van der Waals surface area contributed by atoms with Gasteiger partial charge >= 0.3 is 12.2 Å². The van der Waals surface area contributed by atoms with Crippen molar-refractivity contribution in [3.8, 4) is 0 Å². The summed E-state index contributed by atoms with van der Waals surface area (Å²) in [6.45, 7) is 5.98. The number of nitrogens with one attached hydrogen (secondary N) is 2. The Morgan fingerprint density at radius 2 is 1.42 bits per heavy atom. The van der Waals surface area contributed by atoms with Gasteiger partial charge in [-0.3, -0.25) is 4.79 Å². The summed E-state index contributed by atoms with van der Waals surface area (Å²) in [7, 11) is 0. The third kappa shape index (κ3) is 9.20. The molecule has 3 amide bonds. The molecule has 0 saturated heterocycles. The van der Waals surface area contributed by atoms with Gasteiger partial charge in [-0.2, -0.15) is 0 Å². The molecule has 0 aliphatic carbocycles. The van der Waals surface area contributed by atoms with Crippen LogP contribution in [0.5, 0.6) is 0 Å². The molecule has 2 aromatic rings. The molecule has 0 aromatic heterocycles. The van der Waals surface area contributed by atoms with E-state index in [4.69, 9.17) is 15.2 Å². The first-order valence-electron chi connectivity index (χ1n) is 9.95. The monoisotopic (exact) mass is 427 g/mol. The van der Waals surface area contributed by atoms with Gasteiger partial charge in [0.2, 0.25) is 0 Å². The number of nitrogens with two attached hydrogens (primary N) is 1. The average molecular weight is 428 g/mol. The Kier molecular flexibility index (Phi) is 8.43. The molecule has 0 unspecified atom stereocenters. The highest BCUT2D eigenvalue weighted by Gasteiger charge is 2.22. The van der Waals surface area contributed by atoms with Crippen LogP contribution in [0.1, 0.15) is 37.5 Å². The predicted octanol–water partition coefficient (Wildman–Crippen LogP) is 3.03. The van der Waals surface area contributed by atoms with Gasteiger partial charge < -0.3 is 25.8 Å². The highest BCUT2D eigenvalue weighted by Crippen LogP contribution is 2.09. The molecule has 0 spiro atoms. The quantitative estimate of drug-likeness (QED) is 0.598. The fraction of sp³-hybridized carbons (Fsp3) is 0.348. The van der Waals surface area contributed by atoms with Crippen molar-refractivity contribution < 1.29 is 23.9 Å². The minimum Gasteiger partial charge on any atom is -0.444 e. The topological polar surface area (TPSA) is 120 Å². The number of rotatable bonds is 8. The van der Waals surface area contributed by atoms with E-state index in [1.165, 1.54) is 0 Å². The number of carbonyl (C=O) groups is 3. The number of carbonyl (C=O) groups excluding carboxylic acids is 3. The van der Waals surface area contributed by atoms with Gasteiger partial charge in [0.25, 0.3) is 5.91 Å². The highest BCUT2D eigenvalue weighted by molar-refractivity contribution is 5.83. The number of ether oxygens (including phenoxy) is 2. The van der Waals surface area contributed by atoms with E-state index in [9.17, 15) is 14.4 Å². The fourth-order valence-electron chi connectivity index (χ4n) is 2.72. The van der Waals surface area contributed by atoms with Crippen LogP contribution >= 0.6 is 0 Å². The van der Waals surface area contributed by atoms with Crippen LogP contribution in [0.15, 0.2) is 54.6 Å². The molecule has 8 heteroatoms. The van der Waals surface area contributed by atoms with E-state index in [1.54, 1.807) is 20.8 Å². The normalized spacial score (nSPS) is 11.8. The van der Waals surface area contributed by atoms with Gasteiger partial charge in [0, 0.05) is 19.5 Å². The van der Waals surface area contributed by atoms with Crippen LogP contribution in [0.2, 0.25) is 0 Å². The Hall–Kier alpha value is -3.55. The van der Waals surface area contributed by atoms with Crippen LogP contribution in [0.3, 0.4) is 0 Å². The Labute approximate surface area is 182 Å². The molecule has 0 radical (unpaired) electrons. The Morgan fingerprint density at radius 3 is 1.94 bits per heavy atom. The molecule has 0 aliphatic heterocycles. The lowest BCUT2D eigenvalue weighted by atomic mass is 10.1. The Bertz CT molecular complexity index is 876. The second-order valence-corrected chi connectivity index (χ2v) is 8.00. The second-order valence-electron chi connectivity index (χ2n) is 8.00. The van der Waals surface area contributed by atoms with Crippen molar-refractivity contribution >= 4 is 18.1 Å². The molecular weight excluding hydrogens is 398 g/mol. The van der Waals surface area contributed by atoms with E-state index in [-0.39, 0.29) is 13.0 Å². The number of amides is 3. The third-order valence-corrected chi connectivity index (χ3v) is 4.14. The zero-order valence-electron chi connectivity index (χ0n) is 18.0. The first-order valence-corrected chi connectivity index (χ1v) is 9.95. The highest BCUT2D eigenvalue weighted by atomic mass is 16.6. The summed E-state index contributed by atoms with van der Waals surface area (Å²) in [6.07, 6.45) is -2.27. The van der Waals surface area contributed by atoms with Crippen molar-refractivity contribution in [2.75, 3.05) is 0 Å². The molecule has 2 aromatic carbocycles. The molecule has 0 heterocycles. The zero-order chi connectivity index (χ0) is 22.9. The van der Waals surface area contributed by atoms with Gasteiger partial charge in [-0.15, -0.1) is 0 Å². The van der Waals surface area contributed by atoms with Gasteiger partial charge in [-0.25, -0.2) is 9.59 Å². The summed E-state index contributed by atoms with van der Waals surface area (Å²) in [5.74, 6) is -0.432. The summed E-state index contributed by atoms with van der Waals surface area (Å²) in [4.78, 5) is 35.4. The minimum absolute atomic E-state index is 0.227. The molecule has 4 N–H and O–H groups in total. The lowest BCUT2D eigenvalue weighted by Gasteiger charge is -2.19. The summed E-state index contributed by atoms with van der Waals surface area (Å²) in [5.41, 5.74) is 7.15. The standard InChI is InChI=1S/C23H29N3O5/c1-23(2,3)31-22(29)26-15-18-11-9-17(10-12-18)14-25-20(27)19(30-21(24)28)13-16-7-5-4-6-8-16/h4-12,19H,13-15H2,1-3H3,(H2,24,28)(H,25,27)(H,26,29)/t19-/m0/s1. The van der Waals surface area contributed by atoms with Crippen LogP contribution < -0.4 is 16.4 Å². The number of hydrogen-bond acceptors (Lipinski definition) is 5. The van der Waals surface area contributed by atoms with E-state index in [0.29, 0.717) is 6.54 Å². The number of benzene rings is 2. The number of hydrogen-bond donors (Lipinski definition) is 3. The van der Waals surface area contributed by atoms with Gasteiger partial charge in [-0.05, 0) is 37.5 Å². The number of primary amides is 1. The maximum atomic E-state index is 12.5. The van der Waals surface area contributed by atoms with Crippen LogP contribution in [0.4, 0.5) is 9.59 Å². The maximum Gasteiger partial charge on any atom is 0.407 e. The molecule has 0 bridgehead atoms. The molecule has 166 valence electrons. The summed E-state index contributed by atoms with van der Waals surface area (Å²) in [6, 6.07) is 16.6. The van der Waals surface area contributed by atoms with Crippen molar-refractivity contribution in [1.82, 2.24) is 10.6 Å². The largest absolute Gasteiger partial charge is 0.444 e. The third-order valence-electron chi connectivity index (χ3n) is 4.14. The van der Waals surface area contributed by atoms with Gasteiger partial charge in [0.15, 0.2) is 6.10 Å². The Morgan fingerprint density at radius 1 is 0.871 bits per heavy atom. The summed E-state index contributed by atoms with van der Waals surface area (Å²) >= 11 is 0. The summed E-state index contributed by atoms with van der Waals surface area (Å²) in [5, 5.41) is 5.45. The van der Waals surface area contributed by atoms with E-state index < -0.39 is 29.8 Å². The van der Waals surface area contributed by atoms with Gasteiger partial charge in [-0.1, -0.05) is 54.6 Å². The van der Waals surface area contributed by atoms with E-state index in [1.807, 2.05) is 54.6 Å². The molecule has 1 atom stereocenters. The SMILES string of the molecule is CC(C)(C)OC(=O)NCc1ccc(CNC(=O)[C@H](Cc2ccccc2)OC(N)=O)cc1. The van der Waals surface area contributed by atoms with E-state index in [0.717, 1.165) is 16.7 Å². The Balaban J connectivity index is 1.86. The van der Waals surface area contributed by atoms with Gasteiger partial charge in [0.1, 0.15) is 5.60 Å². The predicted molar refractivity (Wildman–Crippen MR) is 116 cm³/mol. The van der Waals surface area contributed by atoms with Crippen LogP contribution in [-0.2, 0) is 33.8 Å². The van der Waals surface area contributed by atoms with Gasteiger partial charge in [0.05, 0.1) is 0 Å². The maximum absolute atomic E-state index is 12.5. The van der Waals surface area contributed by atoms with Crippen molar-refractivity contribution in [3.05, 3.63) is 71.3 Å². The second kappa shape index (κ2) is 11.0. The van der Waals surface area contributed by atoms with Crippen LogP contribution in [-0.4, -0.2) is 29.8 Å². The molecule has 0 fully saturated rings. The lowest BCUT2D eigenvalue weighted by Crippen LogP contribution is -2.40. The van der Waals surface area contributed by atoms with Crippen LogP contribution in [0.25, 0.3) is 0 Å². The molecule has 2 rings (SSSR count). The summed E-state index contributed by atoms with van der Waals surface area (Å²) < 4.78 is 10.2. The minimum atomic E-state index is -1.02. The van der Waals surface area contributed by atoms with E-state index in [2.05, 4.69) is 10.6 Å². The first kappa shape index (κ1) is 23.7. The molecular formula is C23H29N3O5. The van der Waals surface area contributed by atoms with Crippen LogP contribution in [0, 0.1) is 0 Å². The first-order chi connectivity index (χ1) is 14.6. The smallest absolute Gasteiger partial charge is 0.407 e. The average Bonchev–Trinajstić information content (AvgIpc) is 2.70. The van der Waals surface area contributed by atoms with Crippen molar-refractivity contribution in [1.29, 1.82) is 0 Å². The molecule has 0 aliphatic rings. The zero-order valence-corrected chi connectivity index (χ0v) is 18.0. The number of alkyl carbamates (subject to hydrolysis) is 1. The van der Waals surface area contributed by atoms with Crippen molar-refractivity contribution in [3.63, 3.8) is 0 Å².